The number of nitrogens with one attached hydrogen (secondary N) is 1. The van der Waals surface area contributed by atoms with Crippen LogP contribution in [0.25, 0.3) is 6.08 Å². The molecule has 4 aromatic rings. The summed E-state index contributed by atoms with van der Waals surface area (Å²) in [5, 5.41) is 6.12. The van der Waals surface area contributed by atoms with Crippen molar-refractivity contribution in [3.8, 4) is 11.6 Å². The average molecular weight is 535 g/mol. The Hall–Kier alpha value is -3.51. The van der Waals surface area contributed by atoms with Crippen LogP contribution in [0.15, 0.2) is 109 Å². The molecule has 1 unspecified atom stereocenters. The number of pyridine rings is 1. The summed E-state index contributed by atoms with van der Waals surface area (Å²) in [7, 11) is -2.68. The normalized spacial score (nSPS) is 17.2. The van der Waals surface area contributed by atoms with Gasteiger partial charge < -0.3 is 14.5 Å². The zero-order valence-corrected chi connectivity index (χ0v) is 24.4. The number of nitrogens with zero attached hydrogens (tertiary/aromatic N) is 1. The van der Waals surface area contributed by atoms with Crippen molar-refractivity contribution < 1.29 is 9.16 Å². The fourth-order valence-corrected chi connectivity index (χ4v) is 10.1. The lowest BCUT2D eigenvalue weighted by molar-refractivity contribution is 0.202. The van der Waals surface area contributed by atoms with Crippen molar-refractivity contribution in [2.75, 3.05) is 13.1 Å². The standard InChI is InChI=1S/C34H38N2O2Si/c1-26-18-19-33(36-24-26)37-29-13-11-12-27(23-29)22-28-20-21-35-25-32(28)38-39(34(2,3)4,30-14-7-5-8-15-30)31-16-9-6-10-17-31/h5-19,22-24,32,35H,20-21,25H2,1-4H3/b28-22+. The van der Waals surface area contributed by atoms with Crippen LogP contribution in [-0.4, -0.2) is 32.5 Å². The lowest BCUT2D eigenvalue weighted by Crippen LogP contribution is -2.68. The topological polar surface area (TPSA) is 43.4 Å². The molecular weight excluding hydrogens is 496 g/mol. The van der Waals surface area contributed by atoms with Crippen LogP contribution < -0.4 is 20.4 Å². The van der Waals surface area contributed by atoms with Crippen LogP contribution in [0.1, 0.15) is 38.3 Å². The van der Waals surface area contributed by atoms with E-state index in [9.17, 15) is 0 Å². The summed E-state index contributed by atoms with van der Waals surface area (Å²) in [6.45, 7) is 10.7. The molecule has 1 fully saturated rings. The van der Waals surface area contributed by atoms with Crippen LogP contribution in [0.5, 0.6) is 11.6 Å². The number of hydrogen-bond acceptors (Lipinski definition) is 4. The molecule has 2 heterocycles. The third kappa shape index (κ3) is 6.06. The first kappa shape index (κ1) is 27.1. The maximum Gasteiger partial charge on any atom is 0.261 e. The SMILES string of the molecule is Cc1ccc(Oc2cccc(/C=C3\CCNCC3O[Si](c3ccccc3)(c3ccccc3)C(C)(C)C)c2)nc1. The molecule has 39 heavy (non-hydrogen) atoms. The lowest BCUT2D eigenvalue weighted by atomic mass is 9.99. The molecule has 200 valence electrons. The summed E-state index contributed by atoms with van der Waals surface area (Å²) in [6, 6.07) is 33.9. The fraction of sp³-hybridized carbons (Fsp3) is 0.265. The largest absolute Gasteiger partial charge is 0.439 e. The van der Waals surface area contributed by atoms with Gasteiger partial charge in [-0.25, -0.2) is 4.98 Å². The number of hydrogen-bond donors (Lipinski definition) is 1. The third-order valence-corrected chi connectivity index (χ3v) is 12.4. The van der Waals surface area contributed by atoms with E-state index in [1.54, 1.807) is 0 Å². The van der Waals surface area contributed by atoms with E-state index in [0.717, 1.165) is 36.4 Å². The Balaban J connectivity index is 1.51. The zero-order valence-electron chi connectivity index (χ0n) is 23.4. The minimum absolute atomic E-state index is 0.0339. The van der Waals surface area contributed by atoms with Crippen molar-refractivity contribution in [1.82, 2.24) is 10.3 Å². The van der Waals surface area contributed by atoms with Crippen molar-refractivity contribution in [3.63, 3.8) is 0 Å². The number of aromatic nitrogens is 1. The molecule has 0 saturated carbocycles. The van der Waals surface area contributed by atoms with E-state index in [-0.39, 0.29) is 11.1 Å². The minimum atomic E-state index is -2.68. The molecule has 5 heteroatoms. The van der Waals surface area contributed by atoms with E-state index in [0.29, 0.717) is 5.88 Å². The maximum atomic E-state index is 7.50. The molecule has 0 bridgehead atoms. The van der Waals surface area contributed by atoms with Gasteiger partial charge in [0.05, 0.1) is 6.10 Å². The molecule has 0 radical (unpaired) electrons. The van der Waals surface area contributed by atoms with Crippen LogP contribution in [0, 0.1) is 6.92 Å². The predicted octanol–water partition coefficient (Wildman–Crippen LogP) is 6.50. The van der Waals surface area contributed by atoms with Crippen molar-refractivity contribution >= 4 is 24.8 Å². The van der Waals surface area contributed by atoms with Gasteiger partial charge in [-0.1, -0.05) is 106 Å². The maximum absolute atomic E-state index is 7.50. The van der Waals surface area contributed by atoms with Crippen LogP contribution in [-0.2, 0) is 4.43 Å². The second-order valence-electron chi connectivity index (χ2n) is 11.3. The van der Waals surface area contributed by atoms with Gasteiger partial charge in [0, 0.05) is 18.8 Å². The van der Waals surface area contributed by atoms with Gasteiger partial charge in [0.2, 0.25) is 5.88 Å². The smallest absolute Gasteiger partial charge is 0.261 e. The van der Waals surface area contributed by atoms with Crippen LogP contribution in [0.4, 0.5) is 0 Å². The van der Waals surface area contributed by atoms with Crippen molar-refractivity contribution in [3.05, 3.63) is 120 Å². The molecule has 5 rings (SSSR count). The Kier molecular flexibility index (Phi) is 8.12. The minimum Gasteiger partial charge on any atom is -0.439 e. The number of rotatable bonds is 7. The van der Waals surface area contributed by atoms with Crippen LogP contribution in [0.2, 0.25) is 5.04 Å². The number of aryl methyl sites for hydroxylation is 1. The van der Waals surface area contributed by atoms with E-state index in [2.05, 4.69) is 110 Å². The first-order valence-corrected chi connectivity index (χ1v) is 15.7. The number of piperidine rings is 1. The molecule has 3 aromatic carbocycles. The van der Waals surface area contributed by atoms with Gasteiger partial charge >= 0.3 is 0 Å². The van der Waals surface area contributed by atoms with Crippen LogP contribution in [0.3, 0.4) is 0 Å². The molecule has 1 N–H and O–H groups in total. The molecular formula is C34H38N2O2Si. The van der Waals surface area contributed by atoms with Gasteiger partial charge in [0.15, 0.2) is 0 Å². The highest BCUT2D eigenvalue weighted by Crippen LogP contribution is 2.39. The quantitative estimate of drug-likeness (QED) is 0.275. The van der Waals surface area contributed by atoms with Crippen molar-refractivity contribution in [2.45, 2.75) is 45.3 Å². The van der Waals surface area contributed by atoms with E-state index < -0.39 is 8.32 Å². The van der Waals surface area contributed by atoms with Gasteiger partial charge in [0.1, 0.15) is 5.75 Å². The Morgan fingerprint density at radius 3 is 2.18 bits per heavy atom. The fourth-order valence-electron chi connectivity index (χ4n) is 5.46. The van der Waals surface area contributed by atoms with Crippen molar-refractivity contribution in [1.29, 1.82) is 0 Å². The summed E-state index contributed by atoms with van der Waals surface area (Å²) < 4.78 is 13.6. The third-order valence-electron chi connectivity index (χ3n) is 7.39. The zero-order chi connectivity index (χ0) is 27.3. The average Bonchev–Trinajstić information content (AvgIpc) is 2.94. The van der Waals surface area contributed by atoms with E-state index >= 15 is 0 Å². The Bertz CT molecular complexity index is 1360. The lowest BCUT2D eigenvalue weighted by Gasteiger charge is -2.46. The summed E-state index contributed by atoms with van der Waals surface area (Å²) in [5.41, 5.74) is 3.53. The highest BCUT2D eigenvalue weighted by atomic mass is 28.4. The second-order valence-corrected chi connectivity index (χ2v) is 15.5. The monoisotopic (exact) mass is 534 g/mol. The highest BCUT2D eigenvalue weighted by molar-refractivity contribution is 6.99. The molecule has 0 aliphatic carbocycles. The molecule has 1 aromatic heterocycles. The Morgan fingerprint density at radius 2 is 1.56 bits per heavy atom. The number of ether oxygens (including phenoxy) is 1. The molecule has 0 spiro atoms. The van der Waals surface area contributed by atoms with Gasteiger partial charge in [-0.3, -0.25) is 0 Å². The van der Waals surface area contributed by atoms with Gasteiger partial charge in [0.25, 0.3) is 8.32 Å². The Labute approximate surface area is 233 Å². The summed E-state index contributed by atoms with van der Waals surface area (Å²) in [6.07, 6.45) is 5.02. The molecule has 4 nitrogen and oxygen atoms in total. The molecule has 0 amide bonds. The van der Waals surface area contributed by atoms with Crippen LogP contribution >= 0.6 is 0 Å². The molecule has 1 atom stereocenters. The predicted molar refractivity (Wildman–Crippen MR) is 163 cm³/mol. The molecule has 1 saturated heterocycles. The van der Waals surface area contributed by atoms with E-state index in [1.807, 2.05) is 37.4 Å². The first-order chi connectivity index (χ1) is 18.8. The summed E-state index contributed by atoms with van der Waals surface area (Å²) >= 11 is 0. The van der Waals surface area contributed by atoms with E-state index in [4.69, 9.17) is 9.16 Å². The molecule has 1 aliphatic heterocycles. The number of benzene rings is 3. The second kappa shape index (κ2) is 11.7. The molecule has 1 aliphatic rings. The summed E-state index contributed by atoms with van der Waals surface area (Å²) in [5.74, 6) is 1.37. The first-order valence-electron chi connectivity index (χ1n) is 13.8. The van der Waals surface area contributed by atoms with Gasteiger partial charge in [-0.05, 0) is 64.1 Å². The Morgan fingerprint density at radius 1 is 0.872 bits per heavy atom. The van der Waals surface area contributed by atoms with Gasteiger partial charge in [-0.2, -0.15) is 0 Å². The van der Waals surface area contributed by atoms with Gasteiger partial charge in [-0.15, -0.1) is 0 Å². The highest BCUT2D eigenvalue weighted by Gasteiger charge is 2.51. The van der Waals surface area contributed by atoms with Crippen molar-refractivity contribution in [2.24, 2.45) is 0 Å². The summed E-state index contributed by atoms with van der Waals surface area (Å²) in [4.78, 5) is 4.39. The van der Waals surface area contributed by atoms with E-state index in [1.165, 1.54) is 15.9 Å².